The van der Waals surface area contributed by atoms with Crippen molar-refractivity contribution in [2.75, 3.05) is 13.2 Å². The third-order valence-electron chi connectivity index (χ3n) is 2.71. The van der Waals surface area contributed by atoms with Gasteiger partial charge in [-0.25, -0.2) is 0 Å². The molecule has 0 atom stereocenters. The molecule has 0 fully saturated rings. The molecule has 2 nitrogen and oxygen atoms in total. The van der Waals surface area contributed by atoms with Gasteiger partial charge in [0.15, 0.2) is 0 Å². The van der Waals surface area contributed by atoms with Gasteiger partial charge in [0.2, 0.25) is 0 Å². The molecule has 127 valence electrons. The summed E-state index contributed by atoms with van der Waals surface area (Å²) < 4.78 is 42.5. The fourth-order valence-corrected chi connectivity index (χ4v) is 1.73. The molecule has 2 rings (SSSR count). The molecule has 0 saturated carbocycles. The summed E-state index contributed by atoms with van der Waals surface area (Å²) in [5, 5.41) is 7.82. The topological polar surface area (TPSA) is 29.5 Å². The van der Waals surface area contributed by atoms with Crippen molar-refractivity contribution in [2.45, 2.75) is 32.5 Å². The normalized spacial score (nSPS) is 13.6. The minimum Gasteiger partial charge on any atom is -0.428 e. The molecule has 21 heavy (non-hydrogen) atoms. The molecule has 0 bridgehead atoms. The summed E-state index contributed by atoms with van der Waals surface area (Å²) >= 11 is 0. The smallest absolute Gasteiger partial charge is 0.416 e. The molecule has 0 amide bonds. The van der Waals surface area contributed by atoms with E-state index in [9.17, 15) is 13.2 Å². The summed E-state index contributed by atoms with van der Waals surface area (Å²) in [7, 11) is 0. The van der Waals surface area contributed by atoms with Crippen molar-refractivity contribution in [3.05, 3.63) is 48.7 Å². The molecule has 1 radical (unpaired) electrons. The van der Waals surface area contributed by atoms with E-state index in [4.69, 9.17) is 9.84 Å². The van der Waals surface area contributed by atoms with Gasteiger partial charge in [-0.1, -0.05) is 12.7 Å². The van der Waals surface area contributed by atoms with Gasteiger partial charge in [0.05, 0.1) is 12.2 Å². The number of fused-ring (bicyclic) bond motifs is 1. The zero-order chi connectivity index (χ0) is 14.3. The molecule has 0 aromatic heterocycles. The number of aliphatic hydroxyl groups is 1. The van der Waals surface area contributed by atoms with Crippen molar-refractivity contribution in [1.29, 1.82) is 0 Å². The van der Waals surface area contributed by atoms with E-state index in [2.05, 4.69) is 0 Å². The SMILES string of the molecule is C[CH-]CO.FC(F)(F)c1ccc2c(c1)COCCC2.[CH3-].[Es]. The predicted molar refractivity (Wildman–Crippen MR) is 72.9 cm³/mol. The predicted octanol–water partition coefficient (Wildman–Crippen LogP) is 3.82. The summed E-state index contributed by atoms with van der Waals surface area (Å²) in [4.78, 5) is 0. The maximum atomic E-state index is 12.4. The number of halogens is 3. The van der Waals surface area contributed by atoms with E-state index in [1.807, 2.05) is 0 Å². The summed E-state index contributed by atoms with van der Waals surface area (Å²) in [5.74, 6) is 0. The van der Waals surface area contributed by atoms with Gasteiger partial charge < -0.3 is 23.7 Å². The first-order valence-electron chi connectivity index (χ1n) is 6.14. The van der Waals surface area contributed by atoms with Crippen LogP contribution in [0.25, 0.3) is 0 Å². The quantitative estimate of drug-likeness (QED) is 0.548. The van der Waals surface area contributed by atoms with E-state index in [1.165, 1.54) is 6.07 Å². The van der Waals surface area contributed by atoms with Gasteiger partial charge in [-0.05, 0) is 36.1 Å². The number of benzene rings is 1. The second kappa shape index (κ2) is 9.77. The molecule has 0 spiro atoms. The monoisotopic (exact) mass is 542 g/mol. The van der Waals surface area contributed by atoms with Crippen molar-refractivity contribution >= 4 is 0 Å². The number of hydrogen-bond acceptors (Lipinski definition) is 2. The van der Waals surface area contributed by atoms with Gasteiger partial charge in [0.1, 0.15) is 0 Å². The van der Waals surface area contributed by atoms with Crippen LogP contribution in [0.15, 0.2) is 18.2 Å². The van der Waals surface area contributed by atoms with E-state index in [0.717, 1.165) is 24.5 Å². The Bertz CT molecular complexity index is 393. The van der Waals surface area contributed by atoms with Crippen molar-refractivity contribution in [1.82, 2.24) is 0 Å². The first-order valence-corrected chi connectivity index (χ1v) is 6.14. The Balaban J connectivity index is 0. The molecule has 1 aliphatic heterocycles. The van der Waals surface area contributed by atoms with Crippen LogP contribution in [0.5, 0.6) is 0 Å². The third kappa shape index (κ3) is 6.77. The Labute approximate surface area is 118 Å². The van der Waals surface area contributed by atoms with E-state index in [1.54, 1.807) is 19.4 Å². The Morgan fingerprint density at radius 1 is 1.29 bits per heavy atom. The van der Waals surface area contributed by atoms with E-state index < -0.39 is 11.7 Å². The van der Waals surface area contributed by atoms with Crippen LogP contribution in [0.2, 0.25) is 0 Å². The second-order valence-electron chi connectivity index (χ2n) is 4.23. The molecule has 1 aromatic rings. The Morgan fingerprint density at radius 2 is 1.90 bits per heavy atom. The number of aliphatic hydroxyl groups excluding tert-OH is 1. The zero-order valence-electron chi connectivity index (χ0n) is 12.1. The Hall–Kier alpha value is -2.07. The maximum absolute atomic E-state index is 12.4. The molecule has 1 heterocycles. The molecule has 6 heteroatoms. The minimum absolute atomic E-state index is 0. The average Bonchev–Trinajstić information content (AvgIpc) is 2.62. The zero-order valence-corrected chi connectivity index (χ0v) is 14.6. The van der Waals surface area contributed by atoms with Crippen molar-refractivity contribution in [3.63, 3.8) is 0 Å². The van der Waals surface area contributed by atoms with Crippen LogP contribution in [-0.2, 0) is 23.9 Å². The van der Waals surface area contributed by atoms with Crippen molar-refractivity contribution in [2.24, 2.45) is 0 Å². The van der Waals surface area contributed by atoms with Gasteiger partial charge in [-0.15, -0.1) is 0 Å². The average molecular weight is 542 g/mol. The molecule has 1 N–H and O–H groups in total. The van der Waals surface area contributed by atoms with Crippen LogP contribution in [0, 0.1) is 13.8 Å². The number of rotatable bonds is 1. The van der Waals surface area contributed by atoms with Gasteiger partial charge in [0.25, 0.3) is 0 Å². The van der Waals surface area contributed by atoms with E-state index in [-0.39, 0.29) is 14.0 Å². The molecular formula is C15H21EsF3O2-2. The molecule has 1 aromatic carbocycles. The van der Waals surface area contributed by atoms with Crippen molar-refractivity contribution in [3.8, 4) is 0 Å². The van der Waals surface area contributed by atoms with E-state index >= 15 is 0 Å². The van der Waals surface area contributed by atoms with Gasteiger partial charge in [-0.2, -0.15) is 20.1 Å². The fraction of sp³-hybridized carbons (Fsp3) is 0.467. The molecular weight excluding hydrogens is 521 g/mol. The maximum Gasteiger partial charge on any atom is 0.416 e. The van der Waals surface area contributed by atoms with Gasteiger partial charge in [0, 0.05) is 6.61 Å². The Morgan fingerprint density at radius 3 is 2.43 bits per heavy atom. The summed E-state index contributed by atoms with van der Waals surface area (Å²) in [6.07, 6.45) is -0.910. The number of ether oxygens (including phenoxy) is 1. The van der Waals surface area contributed by atoms with Crippen LogP contribution < -0.4 is 0 Å². The molecule has 1 aliphatic rings. The summed E-state index contributed by atoms with van der Waals surface area (Å²) in [6, 6.07) is 3.90. The van der Waals surface area contributed by atoms with Gasteiger partial charge in [-0.3, -0.25) is 0 Å². The Kier molecular flexibility index (Phi) is 9.88. The number of aryl methyl sites for hydroxylation is 1. The first kappa shape index (κ1) is 21.2. The van der Waals surface area contributed by atoms with Crippen LogP contribution in [0.3, 0.4) is 0 Å². The standard InChI is InChI=1S/C11H11F3O.C3H7O.CH3.Es/c12-11(13,14)10-4-3-8-2-1-5-15-7-9(8)6-10;1-2-3-4;;/h3-4,6H,1-2,5,7H2;2,4H,3H2,1H3;1H3;/q;2*-1;. The number of hydrogen-bond donors (Lipinski definition) is 1. The molecule has 0 saturated heterocycles. The van der Waals surface area contributed by atoms with Crippen molar-refractivity contribution < 1.29 is 23.0 Å². The van der Waals surface area contributed by atoms with Crippen LogP contribution in [-0.4, -0.2) is 18.3 Å². The molecule has 0 unspecified atom stereocenters. The molecule has 0 aliphatic carbocycles. The number of alkyl halides is 3. The minimum atomic E-state index is -4.26. The fourth-order valence-electron chi connectivity index (χ4n) is 1.73. The van der Waals surface area contributed by atoms with Crippen LogP contribution in [0.1, 0.15) is 30.0 Å². The van der Waals surface area contributed by atoms with Crippen LogP contribution in [0.4, 0.5) is 13.2 Å². The third-order valence-corrected chi connectivity index (χ3v) is 2.71. The van der Waals surface area contributed by atoms with Gasteiger partial charge >= 0.3 is 6.18 Å². The first-order chi connectivity index (χ1) is 8.99. The second-order valence-corrected chi connectivity index (χ2v) is 4.23. The summed E-state index contributed by atoms with van der Waals surface area (Å²) in [5.41, 5.74) is 1.05. The van der Waals surface area contributed by atoms with Crippen LogP contribution >= 0.6 is 0 Å². The largest absolute Gasteiger partial charge is 0.428 e. The van der Waals surface area contributed by atoms with E-state index in [0.29, 0.717) is 18.8 Å². The summed E-state index contributed by atoms with van der Waals surface area (Å²) in [6.45, 7) is 2.91.